The zero-order valence-electron chi connectivity index (χ0n) is 15.4. The molecule has 0 radical (unpaired) electrons. The molecule has 2 aromatic heterocycles. The Hall–Kier alpha value is -2.87. The molecule has 142 valence electrons. The number of nitrogens with one attached hydrogen (secondary N) is 1. The molecule has 1 aliphatic heterocycles. The van der Waals surface area contributed by atoms with Gasteiger partial charge < -0.3 is 19.9 Å². The van der Waals surface area contributed by atoms with E-state index in [-0.39, 0.29) is 12.0 Å². The first kappa shape index (κ1) is 17.5. The number of β-amino-alcohol motifs (C(OH)–C–C–N with tert-alkyl or cyclic N) is 1. The van der Waals surface area contributed by atoms with Crippen molar-refractivity contribution < 1.29 is 9.90 Å². The topological polar surface area (TPSA) is 88.2 Å². The van der Waals surface area contributed by atoms with Crippen molar-refractivity contribution in [2.24, 2.45) is 7.05 Å². The van der Waals surface area contributed by atoms with E-state index in [9.17, 15) is 9.90 Å². The maximum Gasteiger partial charge on any atom is 0.251 e. The number of hydrogen-bond acceptors (Lipinski definition) is 5. The van der Waals surface area contributed by atoms with Crippen LogP contribution in [0.15, 0.2) is 36.7 Å². The van der Waals surface area contributed by atoms with Crippen LogP contribution in [0.5, 0.6) is 0 Å². The number of benzene rings is 1. The van der Waals surface area contributed by atoms with Gasteiger partial charge in [0.05, 0.1) is 17.1 Å². The molecule has 0 bridgehead atoms. The van der Waals surface area contributed by atoms with Crippen molar-refractivity contribution in [3.63, 3.8) is 0 Å². The second kappa shape index (κ2) is 7.40. The van der Waals surface area contributed by atoms with Gasteiger partial charge in [0.15, 0.2) is 0 Å². The lowest BCUT2D eigenvalue weighted by molar-refractivity contribution is 0.0952. The first-order chi connectivity index (χ1) is 13.1. The Morgan fingerprint density at radius 2 is 2.30 bits per heavy atom. The monoisotopic (exact) mass is 368 g/mol. The summed E-state index contributed by atoms with van der Waals surface area (Å²) in [7, 11) is 1.96. The van der Waals surface area contributed by atoms with Gasteiger partial charge in [-0.2, -0.15) is 5.10 Å². The van der Waals surface area contributed by atoms with Crippen molar-refractivity contribution in [3.8, 4) is 0 Å². The number of aromatic nitrogens is 4. The van der Waals surface area contributed by atoms with Crippen LogP contribution in [-0.2, 0) is 13.6 Å². The lowest BCUT2D eigenvalue weighted by Gasteiger charge is -2.16. The van der Waals surface area contributed by atoms with Crippen LogP contribution in [0.4, 0.5) is 5.95 Å². The quantitative estimate of drug-likeness (QED) is 0.638. The number of hydrogen-bond donors (Lipinski definition) is 2. The number of aliphatic hydroxyl groups excluding tert-OH is 1. The van der Waals surface area contributed by atoms with Gasteiger partial charge in [-0.25, -0.2) is 4.98 Å². The maximum atomic E-state index is 12.4. The van der Waals surface area contributed by atoms with Crippen LogP contribution in [0.3, 0.4) is 0 Å². The van der Waals surface area contributed by atoms with E-state index in [0.717, 1.165) is 42.9 Å². The van der Waals surface area contributed by atoms with Crippen LogP contribution >= 0.6 is 0 Å². The number of aryl methyl sites for hydroxylation is 2. The predicted octanol–water partition coefficient (Wildman–Crippen LogP) is 1.16. The zero-order valence-corrected chi connectivity index (χ0v) is 15.4. The predicted molar refractivity (Wildman–Crippen MR) is 103 cm³/mol. The lowest BCUT2D eigenvalue weighted by atomic mass is 10.2. The van der Waals surface area contributed by atoms with Gasteiger partial charge in [-0.1, -0.05) is 0 Å². The molecular formula is C19H24N6O2. The number of fused-ring (bicyclic) bond motifs is 1. The summed E-state index contributed by atoms with van der Waals surface area (Å²) in [6.45, 7) is 2.76. The van der Waals surface area contributed by atoms with Gasteiger partial charge in [0.25, 0.3) is 5.91 Å². The number of rotatable bonds is 6. The van der Waals surface area contributed by atoms with E-state index < -0.39 is 0 Å². The highest BCUT2D eigenvalue weighted by atomic mass is 16.3. The maximum absolute atomic E-state index is 12.4. The molecule has 0 spiro atoms. The first-order valence-electron chi connectivity index (χ1n) is 9.27. The number of imidazole rings is 1. The van der Waals surface area contributed by atoms with E-state index in [1.807, 2.05) is 46.8 Å². The summed E-state index contributed by atoms with van der Waals surface area (Å²) in [6.07, 6.45) is 4.94. The van der Waals surface area contributed by atoms with Crippen molar-refractivity contribution in [1.82, 2.24) is 24.6 Å². The molecule has 3 aromatic rings. The summed E-state index contributed by atoms with van der Waals surface area (Å²) >= 11 is 0. The van der Waals surface area contributed by atoms with Crippen molar-refractivity contribution in [2.45, 2.75) is 25.5 Å². The van der Waals surface area contributed by atoms with Crippen LogP contribution in [0, 0.1) is 0 Å². The molecule has 27 heavy (non-hydrogen) atoms. The summed E-state index contributed by atoms with van der Waals surface area (Å²) in [5.41, 5.74) is 2.37. The number of carbonyl (C=O) groups is 1. The minimum atomic E-state index is -0.298. The average Bonchev–Trinajstić information content (AvgIpc) is 3.39. The van der Waals surface area contributed by atoms with Crippen molar-refractivity contribution in [3.05, 3.63) is 42.2 Å². The number of nitrogens with zero attached hydrogens (tertiary/aromatic N) is 5. The third-order valence-electron chi connectivity index (χ3n) is 4.97. The second-order valence-corrected chi connectivity index (χ2v) is 6.94. The molecule has 3 heterocycles. The van der Waals surface area contributed by atoms with Gasteiger partial charge >= 0.3 is 0 Å². The third kappa shape index (κ3) is 3.66. The molecule has 1 aromatic carbocycles. The van der Waals surface area contributed by atoms with Crippen molar-refractivity contribution in [1.29, 1.82) is 0 Å². The van der Waals surface area contributed by atoms with E-state index in [1.165, 1.54) is 0 Å². The number of amides is 1. The molecular weight excluding hydrogens is 344 g/mol. The van der Waals surface area contributed by atoms with E-state index >= 15 is 0 Å². The van der Waals surface area contributed by atoms with E-state index in [4.69, 9.17) is 0 Å². The Labute approximate surface area is 157 Å². The summed E-state index contributed by atoms with van der Waals surface area (Å²) in [6, 6.07) is 7.47. The van der Waals surface area contributed by atoms with Crippen molar-refractivity contribution in [2.75, 3.05) is 24.5 Å². The SMILES string of the molecule is Cn1c(N2CCC(O)C2)nc2cc(C(=O)NCCCn3cccn3)ccc21. The van der Waals surface area contributed by atoms with Crippen LogP contribution < -0.4 is 10.2 Å². The highest BCUT2D eigenvalue weighted by Crippen LogP contribution is 2.25. The molecule has 4 rings (SSSR count). The van der Waals surface area contributed by atoms with Gasteiger partial charge in [-0.15, -0.1) is 0 Å². The minimum absolute atomic E-state index is 0.0961. The summed E-state index contributed by atoms with van der Waals surface area (Å²) in [5.74, 6) is 0.736. The molecule has 2 N–H and O–H groups in total. The lowest BCUT2D eigenvalue weighted by Crippen LogP contribution is -2.25. The molecule has 0 aliphatic carbocycles. The van der Waals surface area contributed by atoms with Crippen LogP contribution in [0.1, 0.15) is 23.2 Å². The zero-order chi connectivity index (χ0) is 18.8. The average molecular weight is 368 g/mol. The normalized spacial score (nSPS) is 17.0. The Morgan fingerprint density at radius 3 is 3.04 bits per heavy atom. The number of carbonyl (C=O) groups excluding carboxylic acids is 1. The summed E-state index contributed by atoms with van der Waals surface area (Å²) < 4.78 is 3.86. The highest BCUT2D eigenvalue weighted by molar-refractivity contribution is 5.97. The molecule has 8 heteroatoms. The molecule has 1 unspecified atom stereocenters. The van der Waals surface area contributed by atoms with Gasteiger partial charge in [0.1, 0.15) is 0 Å². The second-order valence-electron chi connectivity index (χ2n) is 6.94. The largest absolute Gasteiger partial charge is 0.391 e. The molecule has 0 saturated carbocycles. The fourth-order valence-corrected chi connectivity index (χ4v) is 3.51. The fraction of sp³-hybridized carbons (Fsp3) is 0.421. The van der Waals surface area contributed by atoms with Crippen molar-refractivity contribution >= 4 is 22.9 Å². The Bertz CT molecular complexity index is 933. The minimum Gasteiger partial charge on any atom is -0.391 e. The molecule has 1 aliphatic rings. The van der Waals surface area contributed by atoms with Gasteiger partial charge in [0, 0.05) is 51.2 Å². The Kier molecular flexibility index (Phi) is 4.81. The Balaban J connectivity index is 1.42. The summed E-state index contributed by atoms with van der Waals surface area (Å²) in [5, 5.41) is 16.9. The number of aliphatic hydroxyl groups is 1. The van der Waals surface area contributed by atoms with Crippen LogP contribution in [0.25, 0.3) is 11.0 Å². The van der Waals surface area contributed by atoms with E-state index in [2.05, 4.69) is 20.3 Å². The van der Waals surface area contributed by atoms with Crippen LogP contribution in [-0.4, -0.2) is 56.1 Å². The first-order valence-corrected chi connectivity index (χ1v) is 9.27. The standard InChI is InChI=1S/C19H24N6O2/c1-23-17-5-4-14(18(27)20-7-2-9-25-10-3-8-21-25)12-16(17)22-19(23)24-11-6-15(26)13-24/h3-5,8,10,12,15,26H,2,6-7,9,11,13H2,1H3,(H,20,27). The number of anilines is 1. The van der Waals surface area contributed by atoms with E-state index in [0.29, 0.717) is 18.7 Å². The smallest absolute Gasteiger partial charge is 0.251 e. The van der Waals surface area contributed by atoms with E-state index in [1.54, 1.807) is 6.20 Å². The van der Waals surface area contributed by atoms with Gasteiger partial charge in [-0.3, -0.25) is 9.48 Å². The van der Waals surface area contributed by atoms with Gasteiger partial charge in [0.2, 0.25) is 5.95 Å². The molecule has 8 nitrogen and oxygen atoms in total. The fourth-order valence-electron chi connectivity index (χ4n) is 3.51. The molecule has 1 atom stereocenters. The van der Waals surface area contributed by atoms with Gasteiger partial charge in [-0.05, 0) is 37.1 Å². The molecule has 1 amide bonds. The summed E-state index contributed by atoms with van der Waals surface area (Å²) in [4.78, 5) is 19.2. The Morgan fingerprint density at radius 1 is 1.41 bits per heavy atom. The van der Waals surface area contributed by atoms with Crippen LogP contribution in [0.2, 0.25) is 0 Å². The highest BCUT2D eigenvalue weighted by Gasteiger charge is 2.24. The molecule has 1 saturated heterocycles. The molecule has 1 fully saturated rings. The third-order valence-corrected chi connectivity index (χ3v) is 4.97.